The van der Waals surface area contributed by atoms with Crippen LogP contribution in [0.2, 0.25) is 0 Å². The molecule has 2 rings (SSSR count). The number of hydrogen-bond acceptors (Lipinski definition) is 5. The molecule has 2 amide bonds. The summed E-state index contributed by atoms with van der Waals surface area (Å²) in [4.78, 5) is 23.1. The molecule has 1 aliphatic heterocycles. The zero-order valence-electron chi connectivity index (χ0n) is 16.4. The summed E-state index contributed by atoms with van der Waals surface area (Å²) in [5.74, 6) is 1.54. The molecule has 1 aromatic rings. The van der Waals surface area contributed by atoms with Crippen LogP contribution in [-0.2, 0) is 21.4 Å². The summed E-state index contributed by atoms with van der Waals surface area (Å²) in [7, 11) is 0. The summed E-state index contributed by atoms with van der Waals surface area (Å²) in [6, 6.07) is 2.04. The summed E-state index contributed by atoms with van der Waals surface area (Å²) in [6.07, 6.45) is 2.31. The molecule has 0 saturated carbocycles. The molecule has 1 saturated heterocycles. The molecule has 0 radical (unpaired) electrons. The minimum atomic E-state index is -0.0834. The smallest absolute Gasteiger partial charge is 0.220 e. The minimum Gasteiger partial charge on any atom is -0.361 e. The molecule has 1 fully saturated rings. The van der Waals surface area contributed by atoms with Crippen LogP contribution in [0.5, 0.6) is 0 Å². The Balaban J connectivity index is 1.85. The Bertz CT molecular complexity index is 606. The van der Waals surface area contributed by atoms with E-state index in [2.05, 4.69) is 41.9 Å². The fourth-order valence-corrected chi connectivity index (χ4v) is 3.27. The highest BCUT2D eigenvalue weighted by Gasteiger charge is 2.29. The predicted octanol–water partition coefficient (Wildman–Crippen LogP) is 1.38. The summed E-state index contributed by atoms with van der Waals surface area (Å²) < 4.78 is 5.49. The lowest BCUT2D eigenvalue weighted by atomic mass is 9.81. The first-order chi connectivity index (χ1) is 12.3. The molecule has 3 N–H and O–H groups in total. The average molecular weight is 364 g/mol. The van der Waals surface area contributed by atoms with Gasteiger partial charge in [0.2, 0.25) is 11.8 Å². The average Bonchev–Trinajstić information content (AvgIpc) is 3.02. The third-order valence-corrected chi connectivity index (χ3v) is 4.80. The van der Waals surface area contributed by atoms with Gasteiger partial charge in [0.25, 0.3) is 0 Å². The van der Waals surface area contributed by atoms with Gasteiger partial charge in [-0.2, -0.15) is 0 Å². The van der Waals surface area contributed by atoms with E-state index in [4.69, 9.17) is 4.52 Å². The van der Waals surface area contributed by atoms with E-state index in [1.54, 1.807) is 0 Å². The number of aromatic nitrogens is 1. The van der Waals surface area contributed by atoms with Crippen molar-refractivity contribution in [1.29, 1.82) is 0 Å². The molecular weight excluding hydrogens is 332 g/mol. The van der Waals surface area contributed by atoms with Gasteiger partial charge in [0.1, 0.15) is 5.76 Å². The van der Waals surface area contributed by atoms with Gasteiger partial charge < -0.3 is 20.5 Å². The van der Waals surface area contributed by atoms with Crippen LogP contribution in [0.15, 0.2) is 10.6 Å². The van der Waals surface area contributed by atoms with E-state index in [9.17, 15) is 9.59 Å². The van der Waals surface area contributed by atoms with E-state index >= 15 is 0 Å². The molecule has 2 heterocycles. The zero-order valence-corrected chi connectivity index (χ0v) is 16.4. The SMILES string of the molecule is CC(=O)NCCNC(=O)C[C@@H]1CCNC[C@@H]1Cc1cc(C(C)(C)C)on1. The quantitative estimate of drug-likeness (QED) is 0.635. The van der Waals surface area contributed by atoms with E-state index < -0.39 is 0 Å². The Kier molecular flexibility index (Phi) is 7.20. The van der Waals surface area contributed by atoms with Crippen LogP contribution in [0, 0.1) is 11.8 Å². The summed E-state index contributed by atoms with van der Waals surface area (Å²) in [5.41, 5.74) is 0.906. The maximum atomic E-state index is 12.2. The third kappa shape index (κ3) is 6.44. The van der Waals surface area contributed by atoms with Crippen molar-refractivity contribution in [2.75, 3.05) is 26.2 Å². The molecule has 0 aliphatic carbocycles. The molecule has 1 aromatic heterocycles. The standard InChI is InChI=1S/C19H32N4O3/c1-13(24)21-7-8-22-18(25)10-14-5-6-20-12-15(14)9-16-11-17(26-23-16)19(2,3)4/h11,14-15,20H,5-10,12H2,1-4H3,(H,21,24)(H,22,25)/t14-,15-/m0/s1. The number of hydrogen-bond donors (Lipinski definition) is 3. The molecule has 7 nitrogen and oxygen atoms in total. The Labute approximate surface area is 155 Å². The second-order valence-corrected chi connectivity index (χ2v) is 8.19. The van der Waals surface area contributed by atoms with Crippen molar-refractivity contribution < 1.29 is 14.1 Å². The monoisotopic (exact) mass is 364 g/mol. The number of carbonyl (C=O) groups excluding carboxylic acids is 2. The number of rotatable bonds is 7. The Morgan fingerprint density at radius 3 is 2.65 bits per heavy atom. The number of amides is 2. The lowest BCUT2D eigenvalue weighted by Crippen LogP contribution is -2.41. The summed E-state index contributed by atoms with van der Waals surface area (Å²) >= 11 is 0. The van der Waals surface area contributed by atoms with Crippen molar-refractivity contribution in [1.82, 2.24) is 21.1 Å². The van der Waals surface area contributed by atoms with Crippen molar-refractivity contribution in [3.8, 4) is 0 Å². The maximum absolute atomic E-state index is 12.2. The minimum absolute atomic E-state index is 0.0442. The van der Waals surface area contributed by atoms with E-state index in [0.29, 0.717) is 31.3 Å². The van der Waals surface area contributed by atoms with E-state index in [1.807, 2.05) is 6.07 Å². The van der Waals surface area contributed by atoms with Gasteiger partial charge in [0.05, 0.1) is 5.69 Å². The normalized spacial score (nSPS) is 20.6. The van der Waals surface area contributed by atoms with Crippen molar-refractivity contribution in [2.45, 2.75) is 52.4 Å². The van der Waals surface area contributed by atoms with Crippen LogP contribution in [0.3, 0.4) is 0 Å². The molecule has 0 spiro atoms. The van der Waals surface area contributed by atoms with Gasteiger partial charge in [-0.3, -0.25) is 9.59 Å². The van der Waals surface area contributed by atoms with Gasteiger partial charge in [0.15, 0.2) is 0 Å². The Hall–Kier alpha value is -1.89. The number of nitrogens with zero attached hydrogens (tertiary/aromatic N) is 1. The third-order valence-electron chi connectivity index (χ3n) is 4.80. The van der Waals surface area contributed by atoms with Gasteiger partial charge in [-0.15, -0.1) is 0 Å². The van der Waals surface area contributed by atoms with Crippen molar-refractivity contribution in [3.05, 3.63) is 17.5 Å². The van der Waals surface area contributed by atoms with Gasteiger partial charge >= 0.3 is 0 Å². The first-order valence-electron chi connectivity index (χ1n) is 9.43. The molecule has 26 heavy (non-hydrogen) atoms. The molecule has 7 heteroatoms. The molecule has 146 valence electrons. The largest absolute Gasteiger partial charge is 0.361 e. The first kappa shape index (κ1) is 20.4. The zero-order chi connectivity index (χ0) is 19.2. The molecule has 2 atom stereocenters. The van der Waals surface area contributed by atoms with Gasteiger partial charge in [0, 0.05) is 37.9 Å². The van der Waals surface area contributed by atoms with E-state index in [1.165, 1.54) is 6.92 Å². The van der Waals surface area contributed by atoms with Crippen molar-refractivity contribution >= 4 is 11.8 Å². The molecular formula is C19H32N4O3. The summed E-state index contributed by atoms with van der Waals surface area (Å²) in [5, 5.41) is 13.2. The molecule has 1 aliphatic rings. The van der Waals surface area contributed by atoms with Crippen LogP contribution in [0.4, 0.5) is 0 Å². The second kappa shape index (κ2) is 9.16. The van der Waals surface area contributed by atoms with Crippen molar-refractivity contribution in [3.63, 3.8) is 0 Å². The number of piperidine rings is 1. The molecule has 0 aromatic carbocycles. The van der Waals surface area contributed by atoms with Crippen LogP contribution < -0.4 is 16.0 Å². The Morgan fingerprint density at radius 2 is 2.00 bits per heavy atom. The lowest BCUT2D eigenvalue weighted by Gasteiger charge is -2.31. The number of nitrogens with one attached hydrogen (secondary N) is 3. The fraction of sp³-hybridized carbons (Fsp3) is 0.737. The highest BCUT2D eigenvalue weighted by atomic mass is 16.5. The fourth-order valence-electron chi connectivity index (χ4n) is 3.27. The van der Waals surface area contributed by atoms with Crippen LogP contribution in [-0.4, -0.2) is 43.2 Å². The maximum Gasteiger partial charge on any atom is 0.220 e. The van der Waals surface area contributed by atoms with E-state index in [0.717, 1.165) is 37.4 Å². The number of carbonyl (C=O) groups is 2. The highest BCUT2D eigenvalue weighted by molar-refractivity contribution is 5.76. The van der Waals surface area contributed by atoms with Crippen molar-refractivity contribution in [2.24, 2.45) is 11.8 Å². The second-order valence-electron chi connectivity index (χ2n) is 8.19. The van der Waals surface area contributed by atoms with Crippen LogP contribution in [0.1, 0.15) is 52.0 Å². The lowest BCUT2D eigenvalue weighted by molar-refractivity contribution is -0.123. The molecule has 0 bridgehead atoms. The van der Waals surface area contributed by atoms with E-state index in [-0.39, 0.29) is 17.2 Å². The van der Waals surface area contributed by atoms with Crippen LogP contribution in [0.25, 0.3) is 0 Å². The van der Waals surface area contributed by atoms with Gasteiger partial charge in [-0.1, -0.05) is 25.9 Å². The highest BCUT2D eigenvalue weighted by Crippen LogP contribution is 2.28. The van der Waals surface area contributed by atoms with Crippen LogP contribution >= 0.6 is 0 Å². The van der Waals surface area contributed by atoms with Gasteiger partial charge in [-0.25, -0.2) is 0 Å². The first-order valence-corrected chi connectivity index (χ1v) is 9.43. The predicted molar refractivity (Wildman–Crippen MR) is 99.7 cm³/mol. The topological polar surface area (TPSA) is 96.3 Å². The summed E-state index contributed by atoms with van der Waals surface area (Å²) in [6.45, 7) is 10.5. The Morgan fingerprint density at radius 1 is 1.27 bits per heavy atom. The molecule has 0 unspecified atom stereocenters. The van der Waals surface area contributed by atoms with Gasteiger partial charge in [-0.05, 0) is 37.8 Å².